The Morgan fingerprint density at radius 3 is 2.68 bits per heavy atom. The van der Waals surface area contributed by atoms with Crippen LogP contribution in [0.1, 0.15) is 46.5 Å². The molecule has 106 valence electrons. The molecular weight excluding hydrogens is 244 g/mol. The van der Waals surface area contributed by atoms with Crippen molar-refractivity contribution in [1.29, 1.82) is 0 Å². The zero-order valence-electron chi connectivity index (χ0n) is 11.8. The number of aliphatic hydroxyl groups is 2. The van der Waals surface area contributed by atoms with E-state index in [4.69, 9.17) is 4.74 Å². The van der Waals surface area contributed by atoms with Crippen molar-refractivity contribution < 1.29 is 19.7 Å². The van der Waals surface area contributed by atoms with E-state index in [9.17, 15) is 15.0 Å². The molecule has 0 aromatic carbocycles. The molecule has 0 aromatic heterocycles. The summed E-state index contributed by atoms with van der Waals surface area (Å²) in [6.07, 6.45) is 2.04. The predicted molar refractivity (Wildman–Crippen MR) is 69.3 cm³/mol. The first kappa shape index (κ1) is 13.1. The maximum atomic E-state index is 11.8. The average Bonchev–Trinajstić information content (AvgIpc) is 2.59. The average molecular weight is 266 g/mol. The lowest BCUT2D eigenvalue weighted by molar-refractivity contribution is -0.143. The quantitative estimate of drug-likeness (QED) is 0.515. The lowest BCUT2D eigenvalue weighted by atomic mass is 9.57. The van der Waals surface area contributed by atoms with E-state index in [1.807, 2.05) is 6.92 Å². The molecule has 0 unspecified atom stereocenters. The van der Waals surface area contributed by atoms with Crippen LogP contribution >= 0.6 is 0 Å². The minimum absolute atomic E-state index is 0.0510. The van der Waals surface area contributed by atoms with Gasteiger partial charge in [-0.25, -0.2) is 0 Å². The zero-order valence-corrected chi connectivity index (χ0v) is 11.8. The summed E-state index contributed by atoms with van der Waals surface area (Å²) < 4.78 is 5.48. The van der Waals surface area contributed by atoms with Gasteiger partial charge in [-0.3, -0.25) is 4.79 Å². The van der Waals surface area contributed by atoms with E-state index < -0.39 is 23.7 Å². The summed E-state index contributed by atoms with van der Waals surface area (Å²) >= 11 is 0. The monoisotopic (exact) mass is 266 g/mol. The van der Waals surface area contributed by atoms with E-state index in [1.165, 1.54) is 0 Å². The van der Waals surface area contributed by atoms with Crippen molar-refractivity contribution in [1.82, 2.24) is 0 Å². The number of ether oxygens (including phenoxy) is 1. The first-order valence-electron chi connectivity index (χ1n) is 7.12. The minimum atomic E-state index is -1.09. The van der Waals surface area contributed by atoms with Crippen molar-refractivity contribution in [2.24, 2.45) is 11.3 Å². The molecule has 2 aliphatic carbocycles. The highest BCUT2D eigenvalue weighted by atomic mass is 16.6. The summed E-state index contributed by atoms with van der Waals surface area (Å²) in [6.45, 7) is 5.80. The summed E-state index contributed by atoms with van der Waals surface area (Å²) in [5.41, 5.74) is 0.714. The Labute approximate surface area is 113 Å². The smallest absolute Gasteiger partial charge is 0.312 e. The Balaban J connectivity index is 2.12. The Bertz CT molecular complexity index is 469. The molecule has 1 heterocycles. The molecule has 1 saturated carbocycles. The van der Waals surface area contributed by atoms with E-state index in [0.29, 0.717) is 6.42 Å². The number of carbonyl (C=O) groups excluding carboxylic acids is 1. The highest BCUT2D eigenvalue weighted by Gasteiger charge is 2.62. The molecule has 0 radical (unpaired) electrons. The lowest BCUT2D eigenvalue weighted by Gasteiger charge is -2.50. The number of fused-ring (bicyclic) bond motifs is 3. The third-order valence-electron chi connectivity index (χ3n) is 5.68. The van der Waals surface area contributed by atoms with Crippen LogP contribution in [0.5, 0.6) is 0 Å². The minimum Gasteiger partial charge on any atom is -0.454 e. The number of hydrogen-bond donors (Lipinski definition) is 2. The summed E-state index contributed by atoms with van der Waals surface area (Å²) in [5, 5.41) is 20.9. The van der Waals surface area contributed by atoms with Crippen LogP contribution in [0.3, 0.4) is 0 Å². The number of esters is 1. The molecule has 3 rings (SSSR count). The van der Waals surface area contributed by atoms with Crippen molar-refractivity contribution in [2.45, 2.75) is 64.3 Å². The Kier molecular flexibility index (Phi) is 2.64. The molecule has 4 heteroatoms. The highest BCUT2D eigenvalue weighted by Crippen LogP contribution is 2.56. The number of aliphatic hydroxyl groups excluding tert-OH is 1. The van der Waals surface area contributed by atoms with Crippen molar-refractivity contribution in [3.05, 3.63) is 11.1 Å². The van der Waals surface area contributed by atoms with E-state index in [2.05, 4.69) is 6.92 Å². The van der Waals surface area contributed by atoms with Crippen LogP contribution in [0.4, 0.5) is 0 Å². The van der Waals surface area contributed by atoms with Crippen molar-refractivity contribution in [3.63, 3.8) is 0 Å². The molecular formula is C15H22O4. The van der Waals surface area contributed by atoms with E-state index >= 15 is 0 Å². The molecule has 0 aromatic rings. The maximum absolute atomic E-state index is 11.8. The summed E-state index contributed by atoms with van der Waals surface area (Å²) in [5.74, 6) is -0.807. The van der Waals surface area contributed by atoms with Gasteiger partial charge in [0.15, 0.2) is 6.10 Å². The highest BCUT2D eigenvalue weighted by molar-refractivity contribution is 5.77. The van der Waals surface area contributed by atoms with E-state index in [1.54, 1.807) is 6.92 Å². The van der Waals surface area contributed by atoms with Gasteiger partial charge < -0.3 is 14.9 Å². The normalized spacial score (nSPS) is 49.7. The van der Waals surface area contributed by atoms with E-state index in [-0.39, 0.29) is 11.4 Å². The van der Waals surface area contributed by atoms with Crippen LogP contribution in [0.15, 0.2) is 11.1 Å². The Morgan fingerprint density at radius 1 is 1.32 bits per heavy atom. The Hall–Kier alpha value is -0.870. The fourth-order valence-electron chi connectivity index (χ4n) is 4.13. The van der Waals surface area contributed by atoms with Crippen LogP contribution in [-0.4, -0.2) is 34.0 Å². The van der Waals surface area contributed by atoms with Gasteiger partial charge in [-0.05, 0) is 56.1 Å². The van der Waals surface area contributed by atoms with Crippen LogP contribution in [0, 0.1) is 11.3 Å². The number of hydrogen-bond acceptors (Lipinski definition) is 4. The largest absolute Gasteiger partial charge is 0.454 e. The number of rotatable bonds is 0. The lowest BCUT2D eigenvalue weighted by Crippen LogP contribution is -2.53. The van der Waals surface area contributed by atoms with Gasteiger partial charge >= 0.3 is 5.97 Å². The fourth-order valence-corrected chi connectivity index (χ4v) is 4.13. The topological polar surface area (TPSA) is 66.8 Å². The van der Waals surface area contributed by atoms with Gasteiger partial charge in [-0.1, -0.05) is 6.92 Å². The molecule has 5 atom stereocenters. The van der Waals surface area contributed by atoms with Crippen LogP contribution in [0.2, 0.25) is 0 Å². The molecule has 3 aliphatic rings. The molecule has 19 heavy (non-hydrogen) atoms. The van der Waals surface area contributed by atoms with Gasteiger partial charge in [0.25, 0.3) is 0 Å². The molecule has 4 nitrogen and oxygen atoms in total. The summed E-state index contributed by atoms with van der Waals surface area (Å²) in [6, 6.07) is 0. The first-order valence-corrected chi connectivity index (χ1v) is 7.12. The first-order chi connectivity index (χ1) is 8.79. The SMILES string of the molecule is CC1=C2[C@@H]3OC(=O)[C@H](C)[C@]3(O)CC[C@]2(C)CC[C@@H]1O. The predicted octanol–water partition coefficient (Wildman–Crippen LogP) is 1.55. The molecule has 1 aliphatic heterocycles. The Morgan fingerprint density at radius 2 is 2.00 bits per heavy atom. The van der Waals surface area contributed by atoms with Crippen LogP contribution in [0.25, 0.3) is 0 Å². The van der Waals surface area contributed by atoms with Crippen LogP contribution in [-0.2, 0) is 9.53 Å². The maximum Gasteiger partial charge on any atom is 0.312 e. The molecule has 0 amide bonds. The van der Waals surface area contributed by atoms with Crippen molar-refractivity contribution >= 4 is 5.97 Å². The second-order valence-corrected chi connectivity index (χ2v) is 6.74. The van der Waals surface area contributed by atoms with Crippen molar-refractivity contribution in [2.75, 3.05) is 0 Å². The molecule has 0 spiro atoms. The molecule has 1 saturated heterocycles. The number of carbonyl (C=O) groups is 1. The van der Waals surface area contributed by atoms with Gasteiger partial charge in [0.2, 0.25) is 0 Å². The van der Waals surface area contributed by atoms with Crippen LogP contribution < -0.4 is 0 Å². The third-order valence-corrected chi connectivity index (χ3v) is 5.68. The fraction of sp³-hybridized carbons (Fsp3) is 0.800. The van der Waals surface area contributed by atoms with Gasteiger partial charge in [0.05, 0.1) is 12.0 Å². The third kappa shape index (κ3) is 1.56. The molecule has 2 fully saturated rings. The van der Waals surface area contributed by atoms with Gasteiger partial charge in [-0.15, -0.1) is 0 Å². The zero-order chi connectivity index (χ0) is 14.0. The second-order valence-electron chi connectivity index (χ2n) is 6.74. The second kappa shape index (κ2) is 3.83. The molecule has 0 bridgehead atoms. The van der Waals surface area contributed by atoms with Crippen molar-refractivity contribution in [3.8, 4) is 0 Å². The summed E-state index contributed by atoms with van der Waals surface area (Å²) in [4.78, 5) is 11.8. The standard InChI is InChI=1S/C15H22O4/c1-8-10(16)4-5-14(3)6-7-15(18)9(2)13(17)19-12(15)11(8)14/h9-10,12,16,18H,4-7H2,1-3H3/t9-,10-,12-,14-,15+/m0/s1. The van der Waals surface area contributed by atoms with Gasteiger partial charge in [0, 0.05) is 0 Å². The summed E-state index contributed by atoms with van der Waals surface area (Å²) in [7, 11) is 0. The molecule has 2 N–H and O–H groups in total. The van der Waals surface area contributed by atoms with E-state index in [0.717, 1.165) is 30.4 Å². The van der Waals surface area contributed by atoms with Gasteiger partial charge in [0.1, 0.15) is 5.60 Å². The van der Waals surface area contributed by atoms with Gasteiger partial charge in [-0.2, -0.15) is 0 Å².